The van der Waals surface area contributed by atoms with E-state index in [4.69, 9.17) is 0 Å². The Hall–Kier alpha value is -1.32. The molecule has 0 aliphatic heterocycles. The molecule has 2 heterocycles. The standard InChI is InChI=1S/C7H8BN3/c1-5-2-9-7-10-3-6(8)4-11(5)7/h2-4H,8H2,1H3. The molecule has 0 radical (unpaired) electrons. The number of hydrogen-bond donors (Lipinski definition) is 0. The van der Waals surface area contributed by atoms with Gasteiger partial charge in [-0.05, 0) is 6.92 Å². The van der Waals surface area contributed by atoms with Crippen molar-refractivity contribution in [3.63, 3.8) is 0 Å². The van der Waals surface area contributed by atoms with Gasteiger partial charge < -0.3 is 0 Å². The Morgan fingerprint density at radius 1 is 1.36 bits per heavy atom. The van der Waals surface area contributed by atoms with E-state index in [-0.39, 0.29) is 0 Å². The van der Waals surface area contributed by atoms with E-state index in [2.05, 4.69) is 9.97 Å². The normalized spacial score (nSPS) is 10.6. The molecule has 4 heteroatoms. The van der Waals surface area contributed by atoms with Crippen molar-refractivity contribution in [3.05, 3.63) is 24.3 Å². The first kappa shape index (κ1) is 6.40. The number of imidazole rings is 1. The summed E-state index contributed by atoms with van der Waals surface area (Å²) in [6.07, 6.45) is 5.67. The van der Waals surface area contributed by atoms with Gasteiger partial charge in [0.05, 0.1) is 6.20 Å². The molecule has 0 saturated heterocycles. The minimum Gasteiger partial charge on any atom is -0.289 e. The zero-order chi connectivity index (χ0) is 7.84. The first-order valence-corrected chi connectivity index (χ1v) is 3.54. The van der Waals surface area contributed by atoms with E-state index in [9.17, 15) is 0 Å². The third-order valence-corrected chi connectivity index (χ3v) is 1.68. The molecule has 0 aromatic carbocycles. The molecule has 0 bridgehead atoms. The maximum absolute atomic E-state index is 4.15. The molecule has 0 aliphatic carbocycles. The summed E-state index contributed by atoms with van der Waals surface area (Å²) in [4.78, 5) is 8.26. The maximum Gasteiger partial charge on any atom is 0.233 e. The van der Waals surface area contributed by atoms with Crippen molar-refractivity contribution in [2.75, 3.05) is 0 Å². The average molecular weight is 145 g/mol. The molecule has 3 nitrogen and oxygen atoms in total. The van der Waals surface area contributed by atoms with Crippen LogP contribution >= 0.6 is 0 Å². The zero-order valence-corrected chi connectivity index (χ0v) is 6.57. The summed E-state index contributed by atoms with van der Waals surface area (Å²) in [7, 11) is 2.02. The van der Waals surface area contributed by atoms with Crippen molar-refractivity contribution in [1.82, 2.24) is 14.4 Å². The van der Waals surface area contributed by atoms with Gasteiger partial charge in [-0.25, -0.2) is 9.97 Å². The van der Waals surface area contributed by atoms with Crippen LogP contribution in [0.5, 0.6) is 0 Å². The highest BCUT2D eigenvalue weighted by Gasteiger charge is 1.97. The summed E-state index contributed by atoms with van der Waals surface area (Å²) in [6.45, 7) is 2.02. The molecular weight excluding hydrogens is 137 g/mol. The van der Waals surface area contributed by atoms with Crippen molar-refractivity contribution in [3.8, 4) is 0 Å². The molecule has 2 rings (SSSR count). The van der Waals surface area contributed by atoms with Crippen LogP contribution in [0.4, 0.5) is 0 Å². The van der Waals surface area contributed by atoms with Gasteiger partial charge in [0.2, 0.25) is 5.78 Å². The third-order valence-electron chi connectivity index (χ3n) is 1.68. The Kier molecular flexibility index (Phi) is 1.21. The van der Waals surface area contributed by atoms with E-state index < -0.39 is 0 Å². The number of aryl methyl sites for hydroxylation is 1. The maximum atomic E-state index is 4.15. The number of nitrogens with zero attached hydrogens (tertiary/aromatic N) is 3. The summed E-state index contributed by atoms with van der Waals surface area (Å²) in [6, 6.07) is 0. The van der Waals surface area contributed by atoms with Gasteiger partial charge in [-0.2, -0.15) is 0 Å². The van der Waals surface area contributed by atoms with E-state index in [1.165, 1.54) is 0 Å². The van der Waals surface area contributed by atoms with Gasteiger partial charge in [0.15, 0.2) is 0 Å². The smallest absolute Gasteiger partial charge is 0.233 e. The van der Waals surface area contributed by atoms with Crippen LogP contribution in [-0.4, -0.2) is 22.2 Å². The quantitative estimate of drug-likeness (QED) is 0.458. The van der Waals surface area contributed by atoms with Gasteiger partial charge in [0, 0.05) is 18.1 Å². The molecule has 54 valence electrons. The van der Waals surface area contributed by atoms with Crippen LogP contribution in [0.2, 0.25) is 0 Å². The molecule has 0 N–H and O–H groups in total. The van der Waals surface area contributed by atoms with Gasteiger partial charge in [-0.15, -0.1) is 0 Å². The van der Waals surface area contributed by atoms with Gasteiger partial charge in [-0.3, -0.25) is 4.40 Å². The predicted octanol–water partition coefficient (Wildman–Crippen LogP) is -0.704. The lowest BCUT2D eigenvalue weighted by atomic mass is 10.0. The van der Waals surface area contributed by atoms with E-state index in [0.29, 0.717) is 0 Å². The minimum atomic E-state index is 0.771. The van der Waals surface area contributed by atoms with Crippen molar-refractivity contribution in [2.45, 2.75) is 6.92 Å². The highest BCUT2D eigenvalue weighted by molar-refractivity contribution is 6.31. The van der Waals surface area contributed by atoms with Crippen molar-refractivity contribution < 1.29 is 0 Å². The van der Waals surface area contributed by atoms with Gasteiger partial charge in [0.1, 0.15) is 7.85 Å². The topological polar surface area (TPSA) is 30.2 Å². The fourth-order valence-electron chi connectivity index (χ4n) is 1.08. The lowest BCUT2D eigenvalue weighted by molar-refractivity contribution is 1.07. The highest BCUT2D eigenvalue weighted by atomic mass is 15.1. The number of hydrogen-bond acceptors (Lipinski definition) is 2. The fourth-order valence-corrected chi connectivity index (χ4v) is 1.08. The summed E-state index contributed by atoms with van der Waals surface area (Å²) < 4.78 is 1.98. The molecule has 2 aromatic rings. The second-order valence-corrected chi connectivity index (χ2v) is 2.70. The van der Waals surface area contributed by atoms with Gasteiger partial charge in [0.25, 0.3) is 0 Å². The fraction of sp³-hybridized carbons (Fsp3) is 0.143. The summed E-state index contributed by atoms with van der Waals surface area (Å²) in [5.41, 5.74) is 2.27. The van der Waals surface area contributed by atoms with Crippen LogP contribution in [0.3, 0.4) is 0 Å². The number of aromatic nitrogens is 3. The van der Waals surface area contributed by atoms with E-state index in [0.717, 1.165) is 16.9 Å². The van der Waals surface area contributed by atoms with Crippen LogP contribution in [0.25, 0.3) is 5.78 Å². The molecule has 0 saturated carbocycles. The van der Waals surface area contributed by atoms with Gasteiger partial charge >= 0.3 is 0 Å². The predicted molar refractivity (Wildman–Crippen MR) is 45.9 cm³/mol. The minimum absolute atomic E-state index is 0.771. The van der Waals surface area contributed by atoms with Crippen molar-refractivity contribution >= 4 is 19.1 Å². The van der Waals surface area contributed by atoms with Crippen LogP contribution in [0, 0.1) is 6.92 Å². The second kappa shape index (κ2) is 2.08. The largest absolute Gasteiger partial charge is 0.289 e. The Morgan fingerprint density at radius 3 is 2.91 bits per heavy atom. The Morgan fingerprint density at radius 2 is 2.09 bits per heavy atom. The average Bonchev–Trinajstić information content (AvgIpc) is 2.33. The second-order valence-electron chi connectivity index (χ2n) is 2.70. The van der Waals surface area contributed by atoms with Crippen LogP contribution < -0.4 is 5.46 Å². The van der Waals surface area contributed by atoms with Crippen LogP contribution in [-0.2, 0) is 0 Å². The van der Waals surface area contributed by atoms with Crippen molar-refractivity contribution in [1.29, 1.82) is 0 Å². The van der Waals surface area contributed by atoms with Gasteiger partial charge in [-0.1, -0.05) is 5.46 Å². The highest BCUT2D eigenvalue weighted by Crippen LogP contribution is 1.98. The summed E-state index contributed by atoms with van der Waals surface area (Å²) >= 11 is 0. The molecule has 0 spiro atoms. The molecule has 0 fully saturated rings. The zero-order valence-electron chi connectivity index (χ0n) is 6.57. The molecule has 11 heavy (non-hydrogen) atoms. The lowest BCUT2D eigenvalue weighted by Crippen LogP contribution is -2.07. The van der Waals surface area contributed by atoms with E-state index in [1.54, 1.807) is 0 Å². The molecule has 2 aromatic heterocycles. The van der Waals surface area contributed by atoms with Crippen LogP contribution in [0.1, 0.15) is 5.69 Å². The summed E-state index contributed by atoms with van der Waals surface area (Å²) in [5, 5.41) is 0. The first-order chi connectivity index (χ1) is 5.27. The van der Waals surface area contributed by atoms with E-state index >= 15 is 0 Å². The number of fused-ring (bicyclic) bond motifs is 1. The molecular formula is C7H8BN3. The first-order valence-electron chi connectivity index (χ1n) is 3.54. The Labute approximate surface area is 65.5 Å². The monoisotopic (exact) mass is 145 g/mol. The molecule has 0 atom stereocenters. The number of rotatable bonds is 0. The van der Waals surface area contributed by atoms with Crippen LogP contribution in [0.15, 0.2) is 18.6 Å². The molecule has 0 unspecified atom stereocenters. The lowest BCUT2D eigenvalue weighted by Gasteiger charge is -1.95. The Balaban J connectivity index is 2.87. The Bertz CT molecular complexity index is 393. The summed E-state index contributed by atoms with van der Waals surface area (Å²) in [5.74, 6) is 0.771. The van der Waals surface area contributed by atoms with Crippen molar-refractivity contribution in [2.24, 2.45) is 0 Å². The molecule has 0 amide bonds. The SMILES string of the molecule is Bc1cnc2ncc(C)n2c1. The third kappa shape index (κ3) is 0.907. The molecule has 0 aliphatic rings. The van der Waals surface area contributed by atoms with E-state index in [1.807, 2.05) is 37.8 Å².